The molecule has 0 atom stereocenters. The van der Waals surface area contributed by atoms with Gasteiger partial charge in [0, 0.05) is 56.3 Å². The maximum atomic E-state index is 15.4. The van der Waals surface area contributed by atoms with Crippen molar-refractivity contribution in [3.05, 3.63) is 60.1 Å². The lowest BCUT2D eigenvalue weighted by atomic mass is 9.96. The highest BCUT2D eigenvalue weighted by atomic mass is 19.1. The Labute approximate surface area is 246 Å². The molecule has 2 aliphatic heterocycles. The summed E-state index contributed by atoms with van der Waals surface area (Å²) in [5.41, 5.74) is 2.19. The first-order valence-corrected chi connectivity index (χ1v) is 15.1. The fourth-order valence-electron chi connectivity index (χ4n) is 6.48. The van der Waals surface area contributed by atoms with E-state index in [0.717, 1.165) is 34.4 Å². The van der Waals surface area contributed by atoms with Crippen LogP contribution in [0.2, 0.25) is 0 Å². The Bertz CT molecular complexity index is 1450. The summed E-state index contributed by atoms with van der Waals surface area (Å²) in [6.45, 7) is 8.14. The fourth-order valence-corrected chi connectivity index (χ4v) is 6.48. The van der Waals surface area contributed by atoms with Crippen molar-refractivity contribution in [3.8, 4) is 11.8 Å². The van der Waals surface area contributed by atoms with E-state index >= 15 is 4.39 Å². The van der Waals surface area contributed by atoms with Crippen molar-refractivity contribution >= 4 is 28.2 Å². The number of carbonyl (C=O) groups excluding carboxylic acids is 1. The summed E-state index contributed by atoms with van der Waals surface area (Å²) in [6, 6.07) is 9.83. The second kappa shape index (κ2) is 12.5. The van der Waals surface area contributed by atoms with E-state index in [0.29, 0.717) is 70.0 Å². The van der Waals surface area contributed by atoms with Crippen molar-refractivity contribution in [3.63, 3.8) is 0 Å². The highest BCUT2D eigenvalue weighted by Gasteiger charge is 2.30. The predicted molar refractivity (Wildman–Crippen MR) is 162 cm³/mol. The van der Waals surface area contributed by atoms with Crippen LogP contribution in [0.5, 0.6) is 11.8 Å². The van der Waals surface area contributed by atoms with Crippen LogP contribution < -0.4 is 19.9 Å². The number of aromatic hydroxyl groups is 1. The van der Waals surface area contributed by atoms with Crippen LogP contribution in [-0.2, 0) is 17.8 Å². The zero-order chi connectivity index (χ0) is 29.1. The van der Waals surface area contributed by atoms with Crippen LogP contribution in [0, 0.1) is 5.82 Å². The number of hydrogen-bond donors (Lipinski definition) is 2. The summed E-state index contributed by atoms with van der Waals surface area (Å²) < 4.78 is 21.5. The van der Waals surface area contributed by atoms with Gasteiger partial charge in [0.2, 0.25) is 5.91 Å². The lowest BCUT2D eigenvalue weighted by Crippen LogP contribution is -2.49. The van der Waals surface area contributed by atoms with Crippen LogP contribution in [0.4, 0.5) is 15.9 Å². The Morgan fingerprint density at radius 3 is 2.67 bits per heavy atom. The number of anilines is 2. The second-order valence-electron chi connectivity index (χ2n) is 11.4. The summed E-state index contributed by atoms with van der Waals surface area (Å²) >= 11 is 0. The van der Waals surface area contributed by atoms with Gasteiger partial charge in [0.15, 0.2) is 11.6 Å². The van der Waals surface area contributed by atoms with E-state index in [1.165, 1.54) is 44.2 Å². The number of halogens is 1. The number of hydrogen-bond acceptors (Lipinski definition) is 8. The quantitative estimate of drug-likeness (QED) is 0.306. The van der Waals surface area contributed by atoms with Gasteiger partial charge in [0.1, 0.15) is 12.4 Å². The lowest BCUT2D eigenvalue weighted by Gasteiger charge is -2.38. The van der Waals surface area contributed by atoms with Gasteiger partial charge in [-0.3, -0.25) is 4.79 Å². The molecule has 42 heavy (non-hydrogen) atoms. The van der Waals surface area contributed by atoms with Crippen molar-refractivity contribution in [1.82, 2.24) is 20.2 Å². The van der Waals surface area contributed by atoms with Crippen LogP contribution in [0.15, 0.2) is 43.0 Å². The van der Waals surface area contributed by atoms with Crippen LogP contribution in [0.3, 0.4) is 0 Å². The number of ether oxygens (including phenoxy) is 1. The summed E-state index contributed by atoms with van der Waals surface area (Å²) in [5.74, 6) is -0.231. The molecule has 9 nitrogen and oxygen atoms in total. The molecule has 2 aromatic carbocycles. The first kappa shape index (κ1) is 28.2. The monoisotopic (exact) mass is 574 g/mol. The zero-order valence-electron chi connectivity index (χ0n) is 24.0. The Morgan fingerprint density at radius 1 is 1.10 bits per heavy atom. The normalized spacial score (nSPS) is 17.8. The summed E-state index contributed by atoms with van der Waals surface area (Å²) in [4.78, 5) is 27.8. The standard InChI is InChI=1S/C32H39FN6O3/c1-2-28(41)37-15-17-38(18-16-37)31-25-12-14-39(30-24-11-7-6-8-22(24)20-27(40)29(30)33)21-26(25)35-32(36-31)42-19-13-34-23-9-4-3-5-10-23/h2,6-8,11,20,23,34,40H,1,3-5,9-10,12-19,21H2. The van der Waals surface area contributed by atoms with Gasteiger partial charge in [-0.25, -0.2) is 4.39 Å². The molecule has 1 saturated carbocycles. The van der Waals surface area contributed by atoms with Gasteiger partial charge < -0.3 is 29.9 Å². The number of fused-ring (bicyclic) bond motifs is 2. The smallest absolute Gasteiger partial charge is 0.318 e. The largest absolute Gasteiger partial charge is 0.505 e. The van der Waals surface area contributed by atoms with Crippen LogP contribution in [-0.4, -0.2) is 77.8 Å². The van der Waals surface area contributed by atoms with E-state index in [-0.39, 0.29) is 11.7 Å². The molecule has 1 saturated heterocycles. The van der Waals surface area contributed by atoms with E-state index in [4.69, 9.17) is 14.7 Å². The van der Waals surface area contributed by atoms with Crippen molar-refractivity contribution in [1.29, 1.82) is 0 Å². The second-order valence-corrected chi connectivity index (χ2v) is 11.4. The highest BCUT2D eigenvalue weighted by molar-refractivity contribution is 5.96. The molecular weight excluding hydrogens is 535 g/mol. The lowest BCUT2D eigenvalue weighted by molar-refractivity contribution is -0.126. The number of phenolic OH excluding ortho intramolecular Hbond substituents is 1. The van der Waals surface area contributed by atoms with E-state index < -0.39 is 5.82 Å². The zero-order valence-corrected chi connectivity index (χ0v) is 24.0. The average Bonchev–Trinajstić information content (AvgIpc) is 3.03. The Kier molecular flexibility index (Phi) is 8.41. The molecule has 1 aromatic heterocycles. The molecule has 3 heterocycles. The number of nitrogens with zero attached hydrogens (tertiary/aromatic N) is 5. The van der Waals surface area contributed by atoms with E-state index in [9.17, 15) is 9.90 Å². The van der Waals surface area contributed by atoms with E-state index in [1.54, 1.807) is 4.90 Å². The van der Waals surface area contributed by atoms with Crippen molar-refractivity contribution < 1.29 is 19.0 Å². The number of carbonyl (C=O) groups is 1. The topological polar surface area (TPSA) is 94.1 Å². The molecule has 2 fully saturated rings. The van der Waals surface area contributed by atoms with Gasteiger partial charge in [-0.15, -0.1) is 0 Å². The number of amides is 1. The maximum Gasteiger partial charge on any atom is 0.318 e. The molecule has 3 aromatic rings. The van der Waals surface area contributed by atoms with E-state index in [2.05, 4.69) is 16.8 Å². The number of benzene rings is 2. The van der Waals surface area contributed by atoms with Crippen LogP contribution >= 0.6 is 0 Å². The number of piperazine rings is 1. The molecular formula is C32H39FN6O3. The molecule has 0 radical (unpaired) electrons. The Balaban J connectivity index is 1.26. The minimum absolute atomic E-state index is 0.0649. The maximum absolute atomic E-state index is 15.4. The van der Waals surface area contributed by atoms with Crippen molar-refractivity contribution in [2.45, 2.75) is 51.1 Å². The molecule has 1 amide bonds. The summed E-state index contributed by atoms with van der Waals surface area (Å²) in [7, 11) is 0. The predicted octanol–water partition coefficient (Wildman–Crippen LogP) is 4.17. The molecule has 0 unspecified atom stereocenters. The number of phenols is 1. The first-order chi connectivity index (χ1) is 20.5. The minimum atomic E-state index is -0.625. The minimum Gasteiger partial charge on any atom is -0.505 e. The van der Waals surface area contributed by atoms with Gasteiger partial charge in [-0.05, 0) is 36.8 Å². The number of rotatable bonds is 8. The van der Waals surface area contributed by atoms with Gasteiger partial charge >= 0.3 is 6.01 Å². The fraction of sp³-hybridized carbons (Fsp3) is 0.469. The molecule has 0 spiro atoms. The molecule has 222 valence electrons. The summed E-state index contributed by atoms with van der Waals surface area (Å²) in [5, 5.41) is 15.5. The Hall–Kier alpha value is -3.92. The third-order valence-electron chi connectivity index (χ3n) is 8.72. The number of aromatic nitrogens is 2. The molecule has 1 aliphatic carbocycles. The average molecular weight is 575 g/mol. The van der Waals surface area contributed by atoms with E-state index in [1.807, 2.05) is 29.2 Å². The Morgan fingerprint density at radius 2 is 1.88 bits per heavy atom. The molecule has 3 aliphatic rings. The van der Waals surface area contributed by atoms with Crippen molar-refractivity contribution in [2.24, 2.45) is 0 Å². The van der Waals surface area contributed by atoms with Crippen LogP contribution in [0.25, 0.3) is 10.8 Å². The van der Waals surface area contributed by atoms with Gasteiger partial charge in [-0.1, -0.05) is 50.1 Å². The van der Waals surface area contributed by atoms with Crippen molar-refractivity contribution in [2.75, 3.05) is 55.7 Å². The molecule has 10 heteroatoms. The summed E-state index contributed by atoms with van der Waals surface area (Å²) in [6.07, 6.45) is 8.24. The van der Waals surface area contributed by atoms with Gasteiger partial charge in [0.25, 0.3) is 0 Å². The SMILES string of the molecule is C=CC(=O)N1CCN(c2nc(OCCNC3CCCCC3)nc3c2CCN(c2c(F)c(O)cc4ccccc24)C3)CC1. The molecule has 2 N–H and O–H groups in total. The molecule has 6 rings (SSSR count). The third-order valence-corrected chi connectivity index (χ3v) is 8.72. The van der Waals surface area contributed by atoms with Gasteiger partial charge in [-0.2, -0.15) is 9.97 Å². The van der Waals surface area contributed by atoms with Crippen LogP contribution in [0.1, 0.15) is 43.4 Å². The highest BCUT2D eigenvalue weighted by Crippen LogP contribution is 2.39. The third kappa shape index (κ3) is 5.86. The van der Waals surface area contributed by atoms with Gasteiger partial charge in [0.05, 0.1) is 17.9 Å². The number of nitrogens with one attached hydrogen (secondary N) is 1. The molecule has 0 bridgehead atoms. The first-order valence-electron chi connectivity index (χ1n) is 15.1.